The van der Waals surface area contributed by atoms with E-state index in [1.807, 2.05) is 26.8 Å². The summed E-state index contributed by atoms with van der Waals surface area (Å²) in [5, 5.41) is 17.2. The predicted molar refractivity (Wildman–Crippen MR) is 457 cm³/mol. The number of hydrogen-bond acceptors (Lipinski definition) is 14. The van der Waals surface area contributed by atoms with Gasteiger partial charge in [0.25, 0.3) is 5.91 Å². The first-order valence-corrected chi connectivity index (χ1v) is 44.1. The van der Waals surface area contributed by atoms with Gasteiger partial charge in [-0.3, -0.25) is 29.1 Å². The topological polar surface area (TPSA) is 176 Å². The number of piperazine rings is 1. The number of nitrogens with one attached hydrogen (secondary N) is 2. The average Bonchev–Trinajstić information content (AvgIpc) is 1.48. The zero-order chi connectivity index (χ0) is 82.4. The van der Waals surface area contributed by atoms with Gasteiger partial charge in [-0.2, -0.15) is 0 Å². The molecule has 3 aromatic heterocycles. The number of ether oxygens (including phenoxy) is 5. The molecule has 11 atom stereocenters. The number of methoxy groups -OCH3 is 3. The first kappa shape index (κ1) is 87.0. The van der Waals surface area contributed by atoms with Crippen LogP contribution in [0.1, 0.15) is 250 Å². The van der Waals surface area contributed by atoms with Gasteiger partial charge in [0, 0.05) is 95.3 Å². The summed E-state index contributed by atoms with van der Waals surface area (Å²) in [5.41, 5.74) is 10.5. The van der Waals surface area contributed by atoms with Crippen LogP contribution in [0.2, 0.25) is 5.02 Å². The number of aliphatic hydroxyl groups is 1. The van der Waals surface area contributed by atoms with Gasteiger partial charge < -0.3 is 53.0 Å². The first-order valence-electron chi connectivity index (χ1n) is 43.8. The summed E-state index contributed by atoms with van der Waals surface area (Å²) in [6, 6.07) is 22.3. The van der Waals surface area contributed by atoms with Crippen LogP contribution in [0.3, 0.4) is 0 Å². The van der Waals surface area contributed by atoms with Crippen LogP contribution in [-0.2, 0) is 67.0 Å². The third-order valence-electron chi connectivity index (χ3n) is 30.0. The fourth-order valence-electron chi connectivity index (χ4n) is 23.3. The van der Waals surface area contributed by atoms with Crippen molar-refractivity contribution in [3.8, 4) is 11.5 Å². The van der Waals surface area contributed by atoms with Gasteiger partial charge in [0.2, 0.25) is 0 Å². The molecule has 6 fully saturated rings. The van der Waals surface area contributed by atoms with Gasteiger partial charge in [-0.25, -0.2) is 9.37 Å². The van der Waals surface area contributed by atoms with E-state index in [0.29, 0.717) is 53.2 Å². The van der Waals surface area contributed by atoms with E-state index in [1.165, 1.54) is 95.9 Å². The number of hydrogen-bond donors (Lipinski definition) is 3. The molecular formula is C94H140ClFN9O9+. The minimum absolute atomic E-state index is 0.0254. The maximum absolute atomic E-state index is 14.7. The molecule has 0 spiro atoms. The normalized spacial score (nSPS) is 29.3. The number of aryl methyl sites for hydroxylation is 2. The number of likely N-dealkylation sites (N-methyl/N-ethyl adjacent to an activating group) is 2. The SMILES string of the molecule is CC[N+]1(C(C)C)CCN(c2cc(F)c3c(n2)CCCCCC3)CC1.CCc1cc(Cl)c(OC)c(C(=O)NC[C@@H]2CCCN2CC)c1OC(C)C.COC(=O)[C@H]1[C@@H](O)CC[C@@]2(C)CN3CCc4c(n(C(C)C)c5ccccc45)[C@]3(C)C[C@]12C.COC(=O)[C@H]1[C@@H](OC(C)C)CC[C@@]2(C)CN3CCc4c([nH]c5ccccc45)[C@]3(C)C[C@]12C. The number of aromatic nitrogens is 3. The molecule has 0 unspecified atom stereocenters. The number of rotatable bonds is 16. The number of piperidine rings is 2. The Bertz CT molecular complexity index is 4400. The lowest BCUT2D eigenvalue weighted by Gasteiger charge is -2.66. The van der Waals surface area contributed by atoms with E-state index in [9.17, 15) is 23.9 Å². The highest BCUT2D eigenvalue weighted by Gasteiger charge is 2.67. The molecule has 18 nitrogen and oxygen atoms in total. The number of likely N-dealkylation sites (tertiary alicyclic amines) is 1. The third kappa shape index (κ3) is 16.0. The fraction of sp³-hybridized carbons (Fsp3) is 0.681. The molecule has 6 aromatic rings. The number of H-pyrrole nitrogens is 1. The molecular weight excluding hydrogens is 1450 g/mol. The Kier molecular flexibility index (Phi) is 26.7. The molecule has 2 saturated carbocycles. The van der Waals surface area contributed by atoms with E-state index < -0.39 is 12.0 Å². The largest absolute Gasteiger partial charge is 0.494 e. The van der Waals surface area contributed by atoms with E-state index >= 15 is 0 Å². The standard InChI is InChI=1S/2C27H38N2O3.C20H31ClN2O3.C20H33FN3/c1-17(2)32-21-11-13-25(3)16-29-14-12-19-18-9-7-8-10-20(18)28-23(19)27(29,5)15-26(25,4)22(21)24(30)31-6;1-17(2)29-20-10-8-7-9-18(20)19-12-14-28-16-25(3)13-11-21(30)22(24(31)32-6)26(25,4)15-27(28,5)23(19)29;1-6-14-11-16(21)19(25-5)17(18(14)26-13(3)4)20(24)22-12-15-9-8-10-23(15)7-2;1-4-24(16(2)3)13-11-23(12-14-24)20-15-18(21)17-9-7-5-6-8-10-19(17)22-20/h7-10,17,21-22,28H,11-16H2,1-6H3;7-10,17,21-22,30H,11-16H2,1-6H3;11,13,15H,6-10,12H2,1-5H3,(H,22,24);15-16H,4-14H2,1-3H3/q;;;+1/t2*21-,22+,25-,26+,27-;15-;/m000./s1. The molecule has 114 heavy (non-hydrogen) atoms. The van der Waals surface area contributed by atoms with Crippen LogP contribution < -0.4 is 19.7 Å². The molecule has 3 N–H and O–H groups in total. The number of anilines is 1. The summed E-state index contributed by atoms with van der Waals surface area (Å²) in [4.78, 5) is 58.1. The molecule has 628 valence electrons. The Balaban J connectivity index is 0.000000142. The number of pyridine rings is 1. The number of aliphatic hydroxyl groups excluding tert-OH is 1. The van der Waals surface area contributed by atoms with E-state index in [0.717, 1.165) is 172 Å². The summed E-state index contributed by atoms with van der Waals surface area (Å²) in [6.07, 6.45) is 16.3. The number of aromatic amines is 1. The fourth-order valence-corrected chi connectivity index (χ4v) is 23.6. The van der Waals surface area contributed by atoms with Crippen molar-refractivity contribution in [3.63, 3.8) is 0 Å². The van der Waals surface area contributed by atoms with Crippen LogP contribution in [0.4, 0.5) is 10.2 Å². The van der Waals surface area contributed by atoms with E-state index in [-0.39, 0.29) is 80.6 Å². The minimum Gasteiger partial charge on any atom is -0.494 e. The Morgan fingerprint density at radius 1 is 0.693 bits per heavy atom. The number of fused-ring (bicyclic) bond motifs is 13. The van der Waals surface area contributed by atoms with Crippen molar-refractivity contribution < 1.29 is 52.0 Å². The quantitative estimate of drug-likeness (QED) is 0.0616. The van der Waals surface area contributed by atoms with Crippen molar-refractivity contribution in [2.75, 3.05) is 105 Å². The number of carbonyl (C=O) groups excluding carboxylic acids is 3. The number of amides is 1. The first-order chi connectivity index (χ1) is 54.2. The second-order valence-electron chi connectivity index (χ2n) is 37.7. The summed E-state index contributed by atoms with van der Waals surface area (Å²) >= 11 is 6.37. The van der Waals surface area contributed by atoms with E-state index in [2.05, 4.69) is 180 Å². The van der Waals surface area contributed by atoms with Gasteiger partial charge in [-0.1, -0.05) is 102 Å². The third-order valence-corrected chi connectivity index (χ3v) is 30.3. The van der Waals surface area contributed by atoms with Crippen molar-refractivity contribution in [1.29, 1.82) is 0 Å². The number of nitrogens with zero attached hydrogens (tertiary/aromatic N) is 7. The van der Waals surface area contributed by atoms with E-state index in [4.69, 9.17) is 40.3 Å². The molecule has 3 aromatic carbocycles. The zero-order valence-corrected chi connectivity index (χ0v) is 73.8. The Morgan fingerprint density at radius 3 is 1.93 bits per heavy atom. The highest BCUT2D eigenvalue weighted by Crippen LogP contribution is 2.67. The number of halogens is 2. The molecule has 4 saturated heterocycles. The number of esters is 2. The molecule has 9 aliphatic rings. The smallest absolute Gasteiger partial charge is 0.311 e. The summed E-state index contributed by atoms with van der Waals surface area (Å²) in [7, 11) is 4.51. The molecule has 3 aliphatic carbocycles. The van der Waals surface area contributed by atoms with Crippen LogP contribution in [0, 0.1) is 39.3 Å². The highest BCUT2D eigenvalue weighted by molar-refractivity contribution is 6.33. The second-order valence-corrected chi connectivity index (χ2v) is 38.1. The molecule has 15 rings (SSSR count). The minimum atomic E-state index is -0.644. The lowest BCUT2D eigenvalue weighted by molar-refractivity contribution is -0.946. The van der Waals surface area contributed by atoms with Gasteiger partial charge in [0.15, 0.2) is 5.75 Å². The van der Waals surface area contributed by atoms with Gasteiger partial charge >= 0.3 is 11.9 Å². The second kappa shape index (κ2) is 34.9. The van der Waals surface area contributed by atoms with Gasteiger partial charge in [0.05, 0.1) is 112 Å². The van der Waals surface area contributed by atoms with Crippen LogP contribution in [-0.4, -0.2) is 193 Å². The summed E-state index contributed by atoms with van der Waals surface area (Å²) in [6.45, 7) is 49.9. The molecule has 0 bridgehead atoms. The molecule has 20 heteroatoms. The molecule has 1 amide bonds. The maximum atomic E-state index is 14.7. The molecule has 6 aliphatic heterocycles. The Hall–Kier alpha value is -6.32. The van der Waals surface area contributed by atoms with Crippen LogP contribution in [0.15, 0.2) is 60.7 Å². The summed E-state index contributed by atoms with van der Waals surface area (Å²) in [5.74, 6) is 0.451. The highest BCUT2D eigenvalue weighted by atomic mass is 35.5. The number of para-hydroxylation sites is 2. The number of carbonyl (C=O) groups is 3. The van der Waals surface area contributed by atoms with Crippen LogP contribution >= 0.6 is 11.6 Å². The predicted octanol–water partition coefficient (Wildman–Crippen LogP) is 17.5. The van der Waals surface area contributed by atoms with Crippen molar-refractivity contribution in [3.05, 3.63) is 116 Å². The van der Waals surface area contributed by atoms with Gasteiger partial charge in [0.1, 0.15) is 22.9 Å². The summed E-state index contributed by atoms with van der Waals surface area (Å²) < 4.78 is 46.8. The Morgan fingerprint density at radius 2 is 1.31 bits per heavy atom. The average molecular weight is 1590 g/mol. The maximum Gasteiger partial charge on any atom is 0.311 e. The monoisotopic (exact) mass is 1590 g/mol. The van der Waals surface area contributed by atoms with Gasteiger partial charge in [-0.05, 0) is 242 Å². The van der Waals surface area contributed by atoms with Crippen molar-refractivity contribution in [2.45, 2.75) is 280 Å². The van der Waals surface area contributed by atoms with Gasteiger partial charge in [-0.15, -0.1) is 0 Å². The number of quaternary nitrogens is 1. The lowest BCUT2D eigenvalue weighted by atomic mass is 9.46. The van der Waals surface area contributed by atoms with E-state index in [1.54, 1.807) is 6.07 Å². The van der Waals surface area contributed by atoms with Crippen LogP contribution in [0.5, 0.6) is 11.5 Å². The molecule has 0 radical (unpaired) electrons. The van der Waals surface area contributed by atoms with Crippen molar-refractivity contribution in [1.82, 2.24) is 34.6 Å². The Labute approximate surface area is 686 Å². The van der Waals surface area contributed by atoms with Crippen molar-refractivity contribution >= 4 is 57.1 Å². The lowest BCUT2D eigenvalue weighted by Crippen LogP contribution is -2.68. The van der Waals surface area contributed by atoms with Crippen molar-refractivity contribution in [2.24, 2.45) is 33.5 Å². The zero-order valence-electron chi connectivity index (χ0n) is 73.1. The number of benzene rings is 3. The molecule has 9 heterocycles. The van der Waals surface area contributed by atoms with Crippen LogP contribution in [0.25, 0.3) is 21.8 Å².